The van der Waals surface area contributed by atoms with Gasteiger partial charge < -0.3 is 38.1 Å². The summed E-state index contributed by atoms with van der Waals surface area (Å²) in [6, 6.07) is 0. The second kappa shape index (κ2) is 12.5. The van der Waals surface area contributed by atoms with Gasteiger partial charge in [-0.2, -0.15) is 0 Å². The smallest absolute Gasteiger partial charge is 0 e. The summed E-state index contributed by atoms with van der Waals surface area (Å²) in [5, 5.41) is 0. The summed E-state index contributed by atoms with van der Waals surface area (Å²) in [5.41, 5.74) is 4.29. The molecule has 6 atom stereocenters. The van der Waals surface area contributed by atoms with E-state index in [0.29, 0.717) is 0 Å². The second-order valence-electron chi connectivity index (χ2n) is 7.37. The summed E-state index contributed by atoms with van der Waals surface area (Å²) < 4.78 is 0. The van der Waals surface area contributed by atoms with Gasteiger partial charge in [0.1, 0.15) is 0 Å². The first-order valence-corrected chi connectivity index (χ1v) is 12.3. The average molecular weight is 488 g/mol. The van der Waals surface area contributed by atoms with Crippen molar-refractivity contribution in [3.8, 4) is 0 Å². The van der Waals surface area contributed by atoms with Gasteiger partial charge in [-0.1, -0.05) is 25.7 Å². The molecule has 4 saturated heterocycles. The Labute approximate surface area is 173 Å². The average Bonchev–Trinajstić information content (AvgIpc) is 2.75. The molecule has 4 aliphatic heterocycles. The maximum Gasteiger partial charge on any atom is 0 e. The van der Waals surface area contributed by atoms with Crippen molar-refractivity contribution in [3.05, 3.63) is 13.3 Å². The summed E-state index contributed by atoms with van der Waals surface area (Å²) in [6.45, 7) is 8.69. The first kappa shape index (κ1) is 25.1. The van der Waals surface area contributed by atoms with Crippen molar-refractivity contribution in [1.29, 1.82) is 0 Å². The van der Waals surface area contributed by atoms with Crippen LogP contribution in [0.2, 0.25) is 0 Å². The van der Waals surface area contributed by atoms with Crippen LogP contribution in [0.15, 0.2) is 0 Å². The summed E-state index contributed by atoms with van der Waals surface area (Å²) in [4.78, 5) is 0. The monoisotopic (exact) mass is 486 g/mol. The van der Waals surface area contributed by atoms with Crippen molar-refractivity contribution in [2.75, 3.05) is 0 Å². The molecule has 0 aliphatic carbocycles. The number of hydrogen-bond donors (Lipinski definition) is 0. The fourth-order valence-electron chi connectivity index (χ4n) is 4.79. The Bertz CT molecular complexity index is 261. The summed E-state index contributed by atoms with van der Waals surface area (Å²) in [5.74, 6) is 0. The number of fused-ring (bicyclic) bond motifs is 4. The molecule has 4 aliphatic rings. The zero-order chi connectivity index (χ0) is 13.9. The zero-order valence-electron chi connectivity index (χ0n) is 14.2. The van der Waals surface area contributed by atoms with E-state index in [1.807, 2.05) is 0 Å². The van der Waals surface area contributed by atoms with Crippen LogP contribution in [0.25, 0.3) is 0 Å². The minimum absolute atomic E-state index is 0. The zero-order valence-corrected chi connectivity index (χ0v) is 19.0. The Morgan fingerprint density at radius 1 is 0.478 bits per heavy atom. The molecule has 0 radical (unpaired) electrons. The third-order valence-corrected chi connectivity index (χ3v) is 12.0. The van der Waals surface area contributed by atoms with Gasteiger partial charge in [-0.3, -0.25) is 15.8 Å². The molecular formula is C18H32Cl2P2Pd-4. The molecule has 142 valence electrons. The molecule has 0 N–H and O–H groups in total. The maximum atomic E-state index is 4.35. The van der Waals surface area contributed by atoms with Gasteiger partial charge in [0, 0.05) is 20.4 Å². The van der Waals surface area contributed by atoms with Crippen LogP contribution in [0.5, 0.6) is 0 Å². The van der Waals surface area contributed by atoms with Crippen LogP contribution in [-0.2, 0) is 20.4 Å². The second-order valence-corrected chi connectivity index (χ2v) is 12.3. The van der Waals surface area contributed by atoms with E-state index in [-0.39, 0.29) is 61.1 Å². The van der Waals surface area contributed by atoms with Gasteiger partial charge in [-0.05, 0) is 74.0 Å². The molecule has 0 aromatic carbocycles. The first-order chi connectivity index (χ1) is 9.75. The van der Waals surface area contributed by atoms with E-state index in [2.05, 4.69) is 13.3 Å². The summed E-state index contributed by atoms with van der Waals surface area (Å²) >= 11 is 0. The van der Waals surface area contributed by atoms with Gasteiger partial charge >= 0.3 is 0 Å². The molecule has 0 spiro atoms. The van der Waals surface area contributed by atoms with Crippen molar-refractivity contribution in [2.45, 2.75) is 99.7 Å². The molecule has 4 fully saturated rings. The molecule has 5 heteroatoms. The van der Waals surface area contributed by atoms with E-state index < -0.39 is 0 Å². The van der Waals surface area contributed by atoms with E-state index in [0.717, 1.165) is 22.6 Å². The third kappa shape index (κ3) is 6.64. The molecule has 4 bridgehead atoms. The molecule has 0 saturated carbocycles. The fraction of sp³-hybridized carbons (Fsp3) is 0.889. The van der Waals surface area contributed by atoms with Crippen LogP contribution >= 0.6 is 15.8 Å². The molecule has 4 rings (SSSR count). The van der Waals surface area contributed by atoms with Crippen LogP contribution in [0.3, 0.4) is 0 Å². The minimum Gasteiger partial charge on any atom is -1.00 e. The Morgan fingerprint density at radius 3 is 0.913 bits per heavy atom. The standard InChI is InChI=1S/2C9H16P.2ClH.Pd/c2*1-10-8-4-2-3-5-9(10)7-6-8;;;/h2*8-9H,1-7H2;2*1H;/q2*-1;;;/p-2/t2*8-,9+,10?;;;. The van der Waals surface area contributed by atoms with Crippen LogP contribution in [0.4, 0.5) is 0 Å². The SMILES string of the molecule is [CH2-]P1[C@@H]2CCCC[C@H]1CC2.[CH2-]P1[C@@H]2CCCC[C@H]1CC2.[Cl-].[Cl-].[Pd]. The molecule has 0 aromatic rings. The largest absolute Gasteiger partial charge is 1.00 e. The normalized spacial score (nSPS) is 41.0. The molecule has 23 heavy (non-hydrogen) atoms. The van der Waals surface area contributed by atoms with Crippen molar-refractivity contribution in [1.82, 2.24) is 0 Å². The third-order valence-electron chi connectivity index (χ3n) is 6.19. The van der Waals surface area contributed by atoms with Crippen LogP contribution in [0, 0.1) is 13.3 Å². The van der Waals surface area contributed by atoms with Gasteiger partial charge in [0.15, 0.2) is 0 Å². The predicted octanol–water partition coefficient (Wildman–Crippen LogP) is 0.735. The van der Waals surface area contributed by atoms with Crippen molar-refractivity contribution in [3.63, 3.8) is 0 Å². The van der Waals surface area contributed by atoms with Gasteiger partial charge in [0.2, 0.25) is 0 Å². The summed E-state index contributed by atoms with van der Waals surface area (Å²) in [6.07, 6.45) is 18.1. The van der Waals surface area contributed by atoms with Crippen LogP contribution < -0.4 is 24.8 Å². The Balaban J connectivity index is 0.000000372. The van der Waals surface area contributed by atoms with E-state index >= 15 is 0 Å². The molecule has 4 heterocycles. The van der Waals surface area contributed by atoms with Crippen molar-refractivity contribution < 1.29 is 45.2 Å². The maximum absolute atomic E-state index is 4.35. The fourth-order valence-corrected chi connectivity index (χ4v) is 9.96. The molecule has 0 amide bonds. The molecular weight excluding hydrogens is 455 g/mol. The molecule has 0 nitrogen and oxygen atoms in total. The first-order valence-electron chi connectivity index (χ1n) is 8.93. The van der Waals surface area contributed by atoms with Gasteiger partial charge in [0.25, 0.3) is 0 Å². The van der Waals surface area contributed by atoms with Crippen molar-refractivity contribution >= 4 is 15.8 Å². The topological polar surface area (TPSA) is 0 Å². The van der Waals surface area contributed by atoms with Gasteiger partial charge in [0.05, 0.1) is 0 Å². The van der Waals surface area contributed by atoms with E-state index in [1.54, 1.807) is 0 Å². The minimum atomic E-state index is 0. The Kier molecular flexibility index (Phi) is 13.6. The van der Waals surface area contributed by atoms with Crippen molar-refractivity contribution in [2.24, 2.45) is 0 Å². The van der Waals surface area contributed by atoms with Crippen LogP contribution in [0.1, 0.15) is 77.0 Å². The Hall–Kier alpha value is 2.10. The predicted molar refractivity (Wildman–Crippen MR) is 95.1 cm³/mol. The van der Waals surface area contributed by atoms with E-state index in [1.165, 1.54) is 77.0 Å². The Morgan fingerprint density at radius 2 is 0.696 bits per heavy atom. The van der Waals surface area contributed by atoms with Crippen LogP contribution in [-0.4, -0.2) is 22.6 Å². The van der Waals surface area contributed by atoms with E-state index in [9.17, 15) is 0 Å². The van der Waals surface area contributed by atoms with E-state index in [4.69, 9.17) is 0 Å². The van der Waals surface area contributed by atoms with Gasteiger partial charge in [-0.15, -0.1) is 0 Å². The molecule has 2 unspecified atom stereocenters. The number of hydrogen-bond acceptors (Lipinski definition) is 0. The summed E-state index contributed by atoms with van der Waals surface area (Å²) in [7, 11) is 0.441. The molecule has 0 aromatic heterocycles. The quantitative estimate of drug-likeness (QED) is 0.269. The van der Waals surface area contributed by atoms with Gasteiger partial charge in [-0.25, -0.2) is 0 Å². The number of rotatable bonds is 0. The number of halogens is 2.